The number of hydrogen-bond acceptors (Lipinski definition) is 4. The number of sulfonamides is 1. The summed E-state index contributed by atoms with van der Waals surface area (Å²) < 4.78 is 33.6. The van der Waals surface area contributed by atoms with Gasteiger partial charge >= 0.3 is 0 Å². The number of ether oxygens (including phenoxy) is 1. The van der Waals surface area contributed by atoms with E-state index in [0.29, 0.717) is 19.7 Å². The molecule has 1 aliphatic heterocycles. The molecule has 0 aliphatic carbocycles. The molecule has 1 amide bonds. The Morgan fingerprint density at radius 2 is 2.24 bits per heavy atom. The van der Waals surface area contributed by atoms with Gasteiger partial charge in [-0.05, 0) is 25.8 Å². The fourth-order valence-electron chi connectivity index (χ4n) is 2.56. The molecular weight excluding hydrogens is 294 g/mol. The Kier molecular flexibility index (Phi) is 4.70. The third-order valence-electron chi connectivity index (χ3n) is 3.61. The van der Waals surface area contributed by atoms with Crippen molar-refractivity contribution in [2.75, 3.05) is 19.7 Å². The van der Waals surface area contributed by atoms with E-state index in [4.69, 9.17) is 10.5 Å². The lowest BCUT2D eigenvalue weighted by Crippen LogP contribution is -2.43. The lowest BCUT2D eigenvalue weighted by Gasteiger charge is -2.31. The first-order valence-corrected chi connectivity index (χ1v) is 8.38. The summed E-state index contributed by atoms with van der Waals surface area (Å²) >= 11 is 0. The summed E-state index contributed by atoms with van der Waals surface area (Å²) in [6.45, 7) is 3.27. The summed E-state index contributed by atoms with van der Waals surface area (Å²) in [6.07, 6.45) is 2.97. The Bertz CT molecular complexity index is 621. The van der Waals surface area contributed by atoms with E-state index in [9.17, 15) is 13.2 Å². The number of rotatable bonds is 5. The molecule has 1 aliphatic rings. The van der Waals surface area contributed by atoms with Gasteiger partial charge in [-0.3, -0.25) is 4.79 Å². The van der Waals surface area contributed by atoms with Crippen molar-refractivity contribution in [3.63, 3.8) is 0 Å². The van der Waals surface area contributed by atoms with Gasteiger partial charge in [0.15, 0.2) is 0 Å². The van der Waals surface area contributed by atoms with Gasteiger partial charge in [0.2, 0.25) is 10.0 Å². The number of nitrogens with zero attached hydrogens (tertiary/aromatic N) is 2. The second kappa shape index (κ2) is 6.17. The molecule has 1 fully saturated rings. The fraction of sp³-hybridized carbons (Fsp3) is 0.615. The van der Waals surface area contributed by atoms with E-state index >= 15 is 0 Å². The van der Waals surface area contributed by atoms with Crippen molar-refractivity contribution in [2.45, 2.75) is 30.8 Å². The Balaban J connectivity index is 2.25. The number of aryl methyl sites for hydroxylation is 1. The summed E-state index contributed by atoms with van der Waals surface area (Å²) in [5, 5.41) is 0. The molecule has 0 aromatic carbocycles. The molecule has 2 N–H and O–H groups in total. The molecule has 2 rings (SSSR count). The van der Waals surface area contributed by atoms with Gasteiger partial charge in [-0.1, -0.05) is 0 Å². The van der Waals surface area contributed by atoms with Crippen LogP contribution in [0, 0.1) is 0 Å². The molecule has 7 nitrogen and oxygen atoms in total. The van der Waals surface area contributed by atoms with Gasteiger partial charge in [-0.25, -0.2) is 8.42 Å². The molecule has 1 unspecified atom stereocenters. The van der Waals surface area contributed by atoms with Gasteiger partial charge in [0.1, 0.15) is 10.6 Å². The monoisotopic (exact) mass is 315 g/mol. The number of carbonyl (C=O) groups excluding carboxylic acids is 1. The molecule has 1 saturated heterocycles. The van der Waals surface area contributed by atoms with Crippen molar-refractivity contribution in [3.05, 3.63) is 18.0 Å². The maximum Gasteiger partial charge on any atom is 0.265 e. The van der Waals surface area contributed by atoms with E-state index < -0.39 is 15.9 Å². The van der Waals surface area contributed by atoms with Crippen LogP contribution in [-0.2, 0) is 21.8 Å². The lowest BCUT2D eigenvalue weighted by atomic mass is 10.1. The van der Waals surface area contributed by atoms with E-state index in [1.807, 2.05) is 6.92 Å². The Labute approximate surface area is 124 Å². The van der Waals surface area contributed by atoms with Crippen molar-refractivity contribution in [1.82, 2.24) is 8.87 Å². The van der Waals surface area contributed by atoms with Gasteiger partial charge in [0.25, 0.3) is 5.91 Å². The maximum absolute atomic E-state index is 12.6. The number of piperidine rings is 1. The summed E-state index contributed by atoms with van der Waals surface area (Å²) in [4.78, 5) is 11.3. The molecular formula is C13H21N3O4S. The van der Waals surface area contributed by atoms with E-state index in [0.717, 1.165) is 12.8 Å². The van der Waals surface area contributed by atoms with Crippen LogP contribution in [0.25, 0.3) is 0 Å². The number of nitrogens with two attached hydrogens (primary N) is 1. The minimum Gasteiger partial charge on any atom is -0.377 e. The van der Waals surface area contributed by atoms with Gasteiger partial charge in [0, 0.05) is 32.9 Å². The van der Waals surface area contributed by atoms with Crippen LogP contribution in [0.15, 0.2) is 17.2 Å². The molecule has 0 bridgehead atoms. The highest BCUT2D eigenvalue weighted by Gasteiger charge is 2.31. The summed E-state index contributed by atoms with van der Waals surface area (Å²) in [5.74, 6) is -0.648. The highest BCUT2D eigenvalue weighted by atomic mass is 32.2. The Morgan fingerprint density at radius 3 is 2.81 bits per heavy atom. The first kappa shape index (κ1) is 16.0. The van der Waals surface area contributed by atoms with Crippen LogP contribution in [0.3, 0.4) is 0 Å². The summed E-state index contributed by atoms with van der Waals surface area (Å²) in [6, 6.07) is 1.32. The van der Waals surface area contributed by atoms with Crippen molar-refractivity contribution in [2.24, 2.45) is 12.8 Å². The first-order chi connectivity index (χ1) is 9.86. The van der Waals surface area contributed by atoms with Gasteiger partial charge in [-0.15, -0.1) is 0 Å². The number of hydrogen-bond donors (Lipinski definition) is 1. The largest absolute Gasteiger partial charge is 0.377 e. The van der Waals surface area contributed by atoms with Gasteiger partial charge in [0.05, 0.1) is 6.10 Å². The van der Waals surface area contributed by atoms with Crippen molar-refractivity contribution >= 4 is 15.9 Å². The molecule has 1 aromatic heterocycles. The van der Waals surface area contributed by atoms with E-state index in [-0.39, 0.29) is 16.7 Å². The van der Waals surface area contributed by atoms with Crippen LogP contribution >= 0.6 is 0 Å². The average molecular weight is 315 g/mol. The quantitative estimate of drug-likeness (QED) is 0.846. The van der Waals surface area contributed by atoms with Crippen molar-refractivity contribution in [1.29, 1.82) is 0 Å². The number of carbonyl (C=O) groups is 1. The normalized spacial score (nSPS) is 20.6. The predicted octanol–water partition coefficient (Wildman–Crippen LogP) is 0.314. The number of aromatic nitrogens is 1. The molecule has 0 saturated carbocycles. The number of amides is 1. The molecule has 118 valence electrons. The molecule has 0 spiro atoms. The van der Waals surface area contributed by atoms with E-state index in [1.165, 1.54) is 21.1 Å². The molecule has 2 heterocycles. The minimum absolute atomic E-state index is 0.0714. The molecule has 8 heteroatoms. The van der Waals surface area contributed by atoms with Crippen LogP contribution in [0.5, 0.6) is 0 Å². The predicted molar refractivity (Wildman–Crippen MR) is 77.3 cm³/mol. The Morgan fingerprint density at radius 1 is 1.52 bits per heavy atom. The number of primary amides is 1. The van der Waals surface area contributed by atoms with Crippen molar-refractivity contribution < 1.29 is 17.9 Å². The summed E-state index contributed by atoms with van der Waals surface area (Å²) in [7, 11) is -2.03. The maximum atomic E-state index is 12.6. The minimum atomic E-state index is -3.62. The zero-order valence-corrected chi connectivity index (χ0v) is 13.1. The smallest absolute Gasteiger partial charge is 0.265 e. The zero-order valence-electron chi connectivity index (χ0n) is 12.3. The zero-order chi connectivity index (χ0) is 15.6. The highest BCUT2D eigenvalue weighted by Crippen LogP contribution is 2.23. The SMILES string of the molecule is CCOC1CCCN(S(=O)(=O)c2cc(C(N)=O)n(C)c2)C1. The molecule has 0 radical (unpaired) electrons. The lowest BCUT2D eigenvalue weighted by molar-refractivity contribution is 0.0265. The highest BCUT2D eigenvalue weighted by molar-refractivity contribution is 7.89. The Hall–Kier alpha value is -1.38. The average Bonchev–Trinajstić information content (AvgIpc) is 2.82. The second-order valence-electron chi connectivity index (χ2n) is 5.12. The second-order valence-corrected chi connectivity index (χ2v) is 7.06. The van der Waals surface area contributed by atoms with Gasteiger partial charge < -0.3 is 15.0 Å². The standard InChI is InChI=1S/C13H21N3O4S/c1-3-20-10-5-4-6-16(8-10)21(18,19)11-7-12(13(14)17)15(2)9-11/h7,9-10H,3-6,8H2,1-2H3,(H2,14,17). The van der Waals surface area contributed by atoms with Gasteiger partial charge in [-0.2, -0.15) is 4.31 Å². The molecule has 1 atom stereocenters. The third kappa shape index (κ3) is 3.28. The summed E-state index contributed by atoms with van der Waals surface area (Å²) in [5.41, 5.74) is 5.40. The van der Waals surface area contributed by atoms with Crippen molar-refractivity contribution in [3.8, 4) is 0 Å². The third-order valence-corrected chi connectivity index (χ3v) is 5.44. The van der Waals surface area contributed by atoms with Crippen LogP contribution in [0.4, 0.5) is 0 Å². The fourth-order valence-corrected chi connectivity index (χ4v) is 4.15. The first-order valence-electron chi connectivity index (χ1n) is 6.94. The van der Waals surface area contributed by atoms with Crippen LogP contribution in [0.2, 0.25) is 0 Å². The van der Waals surface area contributed by atoms with Crippen LogP contribution < -0.4 is 5.73 Å². The van der Waals surface area contributed by atoms with Crippen LogP contribution in [0.1, 0.15) is 30.3 Å². The molecule has 1 aromatic rings. The topological polar surface area (TPSA) is 94.6 Å². The molecule has 21 heavy (non-hydrogen) atoms. The van der Waals surface area contributed by atoms with E-state index in [2.05, 4.69) is 0 Å². The van der Waals surface area contributed by atoms with E-state index in [1.54, 1.807) is 7.05 Å². The van der Waals surface area contributed by atoms with Crippen LogP contribution in [-0.4, -0.2) is 49.0 Å².